The number of hydrogen-bond acceptors (Lipinski definition) is 5. The van der Waals surface area contributed by atoms with Crippen molar-refractivity contribution in [1.29, 1.82) is 0 Å². The monoisotopic (exact) mass is 551 g/mol. The van der Waals surface area contributed by atoms with E-state index in [2.05, 4.69) is 26.3 Å². The maximum absolute atomic E-state index is 13.2. The fraction of sp³-hybridized carbons (Fsp3) is 0.158. The molecule has 3 rings (SSSR count). The van der Waals surface area contributed by atoms with E-state index in [0.717, 1.165) is 13.1 Å². The molecule has 170 valence electrons. The summed E-state index contributed by atoms with van der Waals surface area (Å²) in [4.78, 5) is 12.4. The Bertz CT molecular complexity index is 1290. The summed E-state index contributed by atoms with van der Waals surface area (Å²) in [5.41, 5.74) is -1.68. The number of alkyl halides is 3. The van der Waals surface area contributed by atoms with Gasteiger partial charge in [-0.15, -0.1) is 0 Å². The zero-order valence-electron chi connectivity index (χ0n) is 16.4. The van der Waals surface area contributed by atoms with Gasteiger partial charge in [0.05, 0.1) is 21.4 Å². The normalized spacial score (nSPS) is 12.0. The summed E-state index contributed by atoms with van der Waals surface area (Å²) in [6.45, 7) is 0. The summed E-state index contributed by atoms with van der Waals surface area (Å²) in [6.07, 6.45) is -4.74. The number of rotatable bonds is 5. The summed E-state index contributed by atoms with van der Waals surface area (Å²) in [5, 5.41) is 6.33. The average Bonchev–Trinajstić information content (AvgIpc) is 3.02. The number of hydrogen-bond donors (Lipinski definition) is 1. The number of methoxy groups -OCH3 is 1. The lowest BCUT2D eigenvalue weighted by atomic mass is 10.2. The summed E-state index contributed by atoms with van der Waals surface area (Å²) >= 11 is 8.57. The van der Waals surface area contributed by atoms with Gasteiger partial charge in [-0.2, -0.15) is 18.3 Å². The van der Waals surface area contributed by atoms with Gasteiger partial charge in [-0.25, -0.2) is 8.42 Å². The van der Waals surface area contributed by atoms with Crippen molar-refractivity contribution in [2.24, 2.45) is 7.05 Å². The molecule has 0 atom stereocenters. The van der Waals surface area contributed by atoms with Crippen LogP contribution in [0, 0.1) is 0 Å². The van der Waals surface area contributed by atoms with Gasteiger partial charge in [-0.1, -0.05) is 11.6 Å². The van der Waals surface area contributed by atoms with E-state index in [9.17, 15) is 26.4 Å². The Kier molecular flexibility index (Phi) is 6.59. The van der Waals surface area contributed by atoms with Gasteiger partial charge in [0.2, 0.25) is 9.84 Å². The number of sulfone groups is 1. The van der Waals surface area contributed by atoms with Crippen LogP contribution in [0.25, 0.3) is 0 Å². The molecule has 0 aliphatic carbocycles. The maximum atomic E-state index is 13.2. The van der Waals surface area contributed by atoms with E-state index in [-0.39, 0.29) is 21.2 Å². The van der Waals surface area contributed by atoms with Gasteiger partial charge in [-0.3, -0.25) is 9.48 Å². The van der Waals surface area contributed by atoms with Crippen LogP contribution in [-0.4, -0.2) is 31.2 Å². The van der Waals surface area contributed by atoms with Crippen molar-refractivity contribution in [2.75, 3.05) is 12.4 Å². The van der Waals surface area contributed by atoms with Crippen molar-refractivity contribution >= 4 is 49.0 Å². The number of nitrogens with one attached hydrogen (secondary N) is 1. The molecule has 3 aromatic rings. The van der Waals surface area contributed by atoms with Gasteiger partial charge in [0.25, 0.3) is 5.91 Å². The van der Waals surface area contributed by atoms with Crippen LogP contribution in [0.15, 0.2) is 56.7 Å². The summed E-state index contributed by atoms with van der Waals surface area (Å²) in [6, 6.07) is 9.19. The molecular weight excluding hydrogens is 539 g/mol. The van der Waals surface area contributed by atoms with E-state index in [1.54, 1.807) is 0 Å². The molecule has 7 nitrogen and oxygen atoms in total. The fourth-order valence-electron chi connectivity index (χ4n) is 2.81. The van der Waals surface area contributed by atoms with Crippen molar-refractivity contribution < 1.29 is 31.1 Å². The third-order valence-corrected chi connectivity index (χ3v) is 7.03. The number of aryl methyl sites for hydroxylation is 1. The molecule has 0 fully saturated rings. The number of benzene rings is 2. The number of halogens is 5. The second kappa shape index (κ2) is 8.75. The standard InChI is InChI=1S/C19H14BrClF3N3O4S/c1-27-17(19(22,23)24)15(20)16(26-27)18(28)25-11-7-12(31-2)9-14(8-11)32(29,30)13-5-3-10(21)4-6-13/h3-9H,1-2H3,(H,25,28). The highest BCUT2D eigenvalue weighted by Gasteiger charge is 2.39. The molecule has 1 heterocycles. The highest BCUT2D eigenvalue weighted by Crippen LogP contribution is 2.36. The smallest absolute Gasteiger partial charge is 0.434 e. The first-order valence-electron chi connectivity index (χ1n) is 8.65. The second-order valence-corrected chi connectivity index (χ2v) is 9.62. The minimum absolute atomic E-state index is 0.0204. The third-order valence-electron chi connectivity index (χ3n) is 4.28. The number of carbonyl (C=O) groups excluding carboxylic acids is 1. The maximum Gasteiger partial charge on any atom is 0.434 e. The van der Waals surface area contributed by atoms with E-state index < -0.39 is 37.8 Å². The first kappa shape index (κ1) is 24.1. The Morgan fingerprint density at radius 1 is 1.16 bits per heavy atom. The van der Waals surface area contributed by atoms with Crippen molar-refractivity contribution in [2.45, 2.75) is 16.0 Å². The number of anilines is 1. The van der Waals surface area contributed by atoms with E-state index in [1.165, 1.54) is 43.5 Å². The number of amides is 1. The molecule has 0 radical (unpaired) electrons. The van der Waals surface area contributed by atoms with Gasteiger partial charge in [0.15, 0.2) is 11.4 Å². The van der Waals surface area contributed by atoms with Crippen molar-refractivity contribution in [3.63, 3.8) is 0 Å². The van der Waals surface area contributed by atoms with E-state index in [0.29, 0.717) is 9.70 Å². The van der Waals surface area contributed by atoms with Gasteiger partial charge < -0.3 is 10.1 Å². The van der Waals surface area contributed by atoms with Crippen LogP contribution >= 0.6 is 27.5 Å². The lowest BCUT2D eigenvalue weighted by Crippen LogP contribution is -2.14. The van der Waals surface area contributed by atoms with Crippen LogP contribution in [0.2, 0.25) is 5.02 Å². The fourth-order valence-corrected chi connectivity index (χ4v) is 4.99. The molecule has 1 amide bonds. The summed E-state index contributed by atoms with van der Waals surface area (Å²) in [7, 11) is -1.66. The number of ether oxygens (including phenoxy) is 1. The van der Waals surface area contributed by atoms with E-state index in [4.69, 9.17) is 16.3 Å². The molecule has 0 unspecified atom stereocenters. The van der Waals surface area contributed by atoms with Crippen LogP contribution in [0.4, 0.5) is 18.9 Å². The van der Waals surface area contributed by atoms with Crippen molar-refractivity contribution in [1.82, 2.24) is 9.78 Å². The zero-order chi connectivity index (χ0) is 23.8. The predicted molar refractivity (Wildman–Crippen MR) is 114 cm³/mol. The highest BCUT2D eigenvalue weighted by atomic mass is 79.9. The zero-order valence-corrected chi connectivity index (χ0v) is 19.5. The lowest BCUT2D eigenvalue weighted by Gasteiger charge is -2.11. The van der Waals surface area contributed by atoms with E-state index >= 15 is 0 Å². The first-order chi connectivity index (χ1) is 14.8. The predicted octanol–water partition coefficient (Wildman–Crippen LogP) is 4.95. The Balaban J connectivity index is 2.00. The molecular formula is C19H14BrClF3N3O4S. The lowest BCUT2D eigenvalue weighted by molar-refractivity contribution is -0.144. The molecule has 13 heteroatoms. The van der Waals surface area contributed by atoms with Gasteiger partial charge in [0.1, 0.15) is 5.75 Å². The topological polar surface area (TPSA) is 90.3 Å². The molecule has 0 saturated carbocycles. The number of carbonyl (C=O) groups is 1. The molecule has 0 aliphatic rings. The molecule has 1 N–H and O–H groups in total. The molecule has 0 saturated heterocycles. The van der Waals surface area contributed by atoms with Gasteiger partial charge in [-0.05, 0) is 52.3 Å². The van der Waals surface area contributed by atoms with Crippen LogP contribution in [0.1, 0.15) is 16.2 Å². The van der Waals surface area contributed by atoms with E-state index in [1.807, 2.05) is 0 Å². The third kappa shape index (κ3) is 4.76. The first-order valence-corrected chi connectivity index (χ1v) is 11.3. The Hall–Kier alpha value is -2.57. The van der Waals surface area contributed by atoms with Crippen molar-refractivity contribution in [3.8, 4) is 5.75 Å². The van der Waals surface area contributed by atoms with Gasteiger partial charge in [0, 0.05) is 23.8 Å². The average molecular weight is 553 g/mol. The Morgan fingerprint density at radius 3 is 2.31 bits per heavy atom. The van der Waals surface area contributed by atoms with Crippen LogP contribution in [-0.2, 0) is 23.1 Å². The molecule has 2 aromatic carbocycles. The van der Waals surface area contributed by atoms with Crippen molar-refractivity contribution in [3.05, 3.63) is 63.3 Å². The molecule has 0 bridgehead atoms. The number of nitrogens with zero attached hydrogens (tertiary/aromatic N) is 2. The van der Waals surface area contributed by atoms with Crippen LogP contribution in [0.5, 0.6) is 5.75 Å². The molecule has 0 aliphatic heterocycles. The minimum atomic E-state index is -4.74. The van der Waals surface area contributed by atoms with Gasteiger partial charge >= 0.3 is 6.18 Å². The van der Waals surface area contributed by atoms with Crippen LogP contribution < -0.4 is 10.1 Å². The van der Waals surface area contributed by atoms with Crippen LogP contribution in [0.3, 0.4) is 0 Å². The quantitative estimate of drug-likeness (QED) is 0.484. The highest BCUT2D eigenvalue weighted by molar-refractivity contribution is 9.10. The Morgan fingerprint density at radius 2 is 1.78 bits per heavy atom. The largest absolute Gasteiger partial charge is 0.497 e. The summed E-state index contributed by atoms with van der Waals surface area (Å²) < 4.78 is 70.6. The SMILES string of the molecule is COc1cc(NC(=O)c2nn(C)c(C(F)(F)F)c2Br)cc(S(=O)(=O)c2ccc(Cl)cc2)c1. The molecule has 1 aromatic heterocycles. The Labute approximate surface area is 194 Å². The molecule has 0 spiro atoms. The second-order valence-electron chi connectivity index (χ2n) is 6.44. The molecule has 32 heavy (non-hydrogen) atoms. The summed E-state index contributed by atoms with van der Waals surface area (Å²) in [5.74, 6) is -0.877. The number of aromatic nitrogens is 2. The minimum Gasteiger partial charge on any atom is -0.497 e.